The van der Waals surface area contributed by atoms with Crippen LogP contribution in [0.1, 0.15) is 6.92 Å². The fraction of sp³-hybridized carbons (Fsp3) is 0.278. The fourth-order valence-electron chi connectivity index (χ4n) is 2.66. The van der Waals surface area contributed by atoms with E-state index in [1.54, 1.807) is 43.3 Å². The van der Waals surface area contributed by atoms with Crippen molar-refractivity contribution in [3.8, 4) is 11.5 Å². The first-order valence-electron chi connectivity index (χ1n) is 8.06. The zero-order chi connectivity index (χ0) is 18.7. The summed E-state index contributed by atoms with van der Waals surface area (Å²) in [5.74, 6) is 0.265. The Kier molecular flexibility index (Phi) is 5.03. The molecule has 1 aliphatic rings. The van der Waals surface area contributed by atoms with E-state index in [0.29, 0.717) is 17.2 Å². The summed E-state index contributed by atoms with van der Waals surface area (Å²) < 4.78 is 43.2. The average molecular weight is 377 g/mol. The van der Waals surface area contributed by atoms with Crippen molar-refractivity contribution in [2.24, 2.45) is 0 Å². The summed E-state index contributed by atoms with van der Waals surface area (Å²) in [5.41, 5.74) is 0.379. The lowest BCUT2D eigenvalue weighted by Gasteiger charge is -2.34. The number of ether oxygens (including phenoxy) is 3. The quantitative estimate of drug-likeness (QED) is 0.743. The maximum Gasteiger partial charge on any atom is 0.349 e. The molecule has 0 saturated carbocycles. The topological polar surface area (TPSA) is 82.1 Å². The van der Waals surface area contributed by atoms with Crippen molar-refractivity contribution in [1.29, 1.82) is 0 Å². The molecule has 3 rings (SSSR count). The highest BCUT2D eigenvalue weighted by Gasteiger charge is 2.38. The lowest BCUT2D eigenvalue weighted by Crippen LogP contribution is -2.47. The maximum atomic E-state index is 13.2. The van der Waals surface area contributed by atoms with Gasteiger partial charge in [-0.1, -0.05) is 12.1 Å². The van der Waals surface area contributed by atoms with Gasteiger partial charge < -0.3 is 14.2 Å². The minimum Gasteiger partial charge on any atom is -0.497 e. The van der Waals surface area contributed by atoms with E-state index < -0.39 is 22.1 Å². The lowest BCUT2D eigenvalue weighted by molar-refractivity contribution is -0.151. The molecule has 138 valence electrons. The highest BCUT2D eigenvalue weighted by molar-refractivity contribution is 7.92. The number of anilines is 1. The molecule has 0 aromatic heterocycles. The Morgan fingerprint density at radius 1 is 1.19 bits per heavy atom. The van der Waals surface area contributed by atoms with Gasteiger partial charge >= 0.3 is 5.97 Å². The Labute approximate surface area is 152 Å². The van der Waals surface area contributed by atoms with Crippen LogP contribution < -0.4 is 13.8 Å². The van der Waals surface area contributed by atoms with Crippen LogP contribution >= 0.6 is 0 Å². The van der Waals surface area contributed by atoms with E-state index >= 15 is 0 Å². The van der Waals surface area contributed by atoms with E-state index in [1.807, 2.05) is 0 Å². The molecule has 1 aliphatic heterocycles. The molecule has 26 heavy (non-hydrogen) atoms. The molecule has 0 unspecified atom stereocenters. The Bertz CT molecular complexity index is 894. The largest absolute Gasteiger partial charge is 0.497 e. The number of para-hydroxylation sites is 2. The predicted octanol–water partition coefficient (Wildman–Crippen LogP) is 2.21. The van der Waals surface area contributed by atoms with Crippen LogP contribution in [0, 0.1) is 0 Å². The fourth-order valence-corrected chi connectivity index (χ4v) is 4.14. The van der Waals surface area contributed by atoms with Crippen molar-refractivity contribution in [2.45, 2.75) is 17.9 Å². The number of nitrogens with zero attached hydrogens (tertiary/aromatic N) is 1. The van der Waals surface area contributed by atoms with Gasteiger partial charge in [0.05, 0.1) is 30.8 Å². The van der Waals surface area contributed by atoms with Crippen LogP contribution in [0.2, 0.25) is 0 Å². The molecule has 0 N–H and O–H groups in total. The molecule has 1 atom stereocenters. The van der Waals surface area contributed by atoms with Crippen molar-refractivity contribution in [3.05, 3.63) is 48.5 Å². The second kappa shape index (κ2) is 7.25. The Morgan fingerprint density at radius 3 is 2.54 bits per heavy atom. The minimum atomic E-state index is -3.89. The van der Waals surface area contributed by atoms with Gasteiger partial charge in [-0.15, -0.1) is 0 Å². The Balaban J connectivity index is 2.01. The standard InChI is InChI=1S/C18H19NO6S/c1-3-24-18(20)17-12-19(15-6-4-5-7-16(15)25-17)26(21,22)14-10-8-13(23-2)9-11-14/h4-11,17H,3,12H2,1-2H3/t17-/m0/s1. The summed E-state index contributed by atoms with van der Waals surface area (Å²) in [6.45, 7) is 1.70. The number of rotatable bonds is 5. The Hall–Kier alpha value is -2.74. The van der Waals surface area contributed by atoms with Crippen molar-refractivity contribution in [2.75, 3.05) is 24.6 Å². The summed E-state index contributed by atoms with van der Waals surface area (Å²) in [5, 5.41) is 0. The van der Waals surface area contributed by atoms with E-state index in [-0.39, 0.29) is 18.0 Å². The van der Waals surface area contributed by atoms with Crippen molar-refractivity contribution in [3.63, 3.8) is 0 Å². The van der Waals surface area contributed by atoms with E-state index in [4.69, 9.17) is 14.2 Å². The smallest absolute Gasteiger partial charge is 0.349 e. The first kappa shape index (κ1) is 18.1. The van der Waals surface area contributed by atoms with Gasteiger partial charge in [-0.2, -0.15) is 0 Å². The van der Waals surface area contributed by atoms with Gasteiger partial charge in [0.2, 0.25) is 6.10 Å². The normalized spacial score (nSPS) is 16.4. The molecule has 0 amide bonds. The number of fused-ring (bicyclic) bond motifs is 1. The number of hydrogen-bond donors (Lipinski definition) is 0. The first-order valence-corrected chi connectivity index (χ1v) is 9.50. The molecule has 2 aromatic carbocycles. The van der Waals surface area contributed by atoms with Crippen LogP contribution in [0.25, 0.3) is 0 Å². The highest BCUT2D eigenvalue weighted by atomic mass is 32.2. The van der Waals surface area contributed by atoms with Crippen LogP contribution in [-0.2, 0) is 19.6 Å². The number of methoxy groups -OCH3 is 1. The molecule has 0 aliphatic carbocycles. The predicted molar refractivity (Wildman–Crippen MR) is 95.0 cm³/mol. The summed E-state index contributed by atoms with van der Waals surface area (Å²) in [6, 6.07) is 12.8. The number of esters is 1. The minimum absolute atomic E-state index is 0.0950. The molecule has 0 fully saturated rings. The van der Waals surface area contributed by atoms with Crippen molar-refractivity contribution < 1.29 is 27.4 Å². The zero-order valence-corrected chi connectivity index (χ0v) is 15.2. The third-order valence-corrected chi connectivity index (χ3v) is 5.73. The molecule has 0 bridgehead atoms. The Morgan fingerprint density at radius 2 is 1.88 bits per heavy atom. The first-order chi connectivity index (χ1) is 12.5. The van der Waals surface area contributed by atoms with Gasteiger partial charge in [-0.25, -0.2) is 13.2 Å². The number of sulfonamides is 1. The molecule has 7 nitrogen and oxygen atoms in total. The summed E-state index contributed by atoms with van der Waals surface area (Å²) in [7, 11) is -2.39. The molecule has 1 heterocycles. The molecule has 0 radical (unpaired) electrons. The second-order valence-electron chi connectivity index (χ2n) is 5.54. The SMILES string of the molecule is CCOC(=O)[C@@H]1CN(S(=O)(=O)c2ccc(OC)cc2)c2ccccc2O1. The van der Waals surface area contributed by atoms with Crippen molar-refractivity contribution in [1.82, 2.24) is 0 Å². The monoisotopic (exact) mass is 377 g/mol. The van der Waals surface area contributed by atoms with Crippen LogP contribution in [0.4, 0.5) is 5.69 Å². The number of carbonyl (C=O) groups is 1. The van der Waals surface area contributed by atoms with E-state index in [1.165, 1.54) is 23.5 Å². The van der Waals surface area contributed by atoms with Crippen LogP contribution in [0.5, 0.6) is 11.5 Å². The van der Waals surface area contributed by atoms with E-state index in [2.05, 4.69) is 0 Å². The summed E-state index contributed by atoms with van der Waals surface area (Å²) >= 11 is 0. The van der Waals surface area contributed by atoms with Gasteiger partial charge in [-0.05, 0) is 43.3 Å². The van der Waals surface area contributed by atoms with Gasteiger partial charge in [0.15, 0.2) is 0 Å². The molecular formula is C18H19NO6S. The second-order valence-corrected chi connectivity index (χ2v) is 7.40. The molecule has 8 heteroatoms. The molecule has 2 aromatic rings. The van der Waals surface area contributed by atoms with Gasteiger partial charge in [0.25, 0.3) is 10.0 Å². The van der Waals surface area contributed by atoms with Crippen molar-refractivity contribution >= 4 is 21.7 Å². The van der Waals surface area contributed by atoms with Gasteiger partial charge in [0.1, 0.15) is 11.5 Å². The van der Waals surface area contributed by atoms with Crippen LogP contribution in [0.3, 0.4) is 0 Å². The zero-order valence-electron chi connectivity index (χ0n) is 14.4. The summed E-state index contributed by atoms with van der Waals surface area (Å²) in [6.07, 6.45) is -1.03. The van der Waals surface area contributed by atoms with Gasteiger partial charge in [-0.3, -0.25) is 4.31 Å². The lowest BCUT2D eigenvalue weighted by atomic mass is 10.2. The number of benzene rings is 2. The summed E-state index contributed by atoms with van der Waals surface area (Å²) in [4.78, 5) is 12.2. The average Bonchev–Trinajstić information content (AvgIpc) is 2.67. The number of hydrogen-bond acceptors (Lipinski definition) is 6. The van der Waals surface area contributed by atoms with Crippen LogP contribution in [0.15, 0.2) is 53.4 Å². The van der Waals surface area contributed by atoms with E-state index in [0.717, 1.165) is 0 Å². The maximum absolute atomic E-state index is 13.2. The van der Waals surface area contributed by atoms with Gasteiger partial charge in [0, 0.05) is 0 Å². The molecule has 0 saturated heterocycles. The third kappa shape index (κ3) is 3.32. The highest BCUT2D eigenvalue weighted by Crippen LogP contribution is 2.37. The third-order valence-electron chi connectivity index (χ3n) is 3.93. The molecule has 0 spiro atoms. The van der Waals surface area contributed by atoms with Crippen LogP contribution in [-0.4, -0.2) is 40.8 Å². The molecular weight excluding hydrogens is 358 g/mol. The number of carbonyl (C=O) groups excluding carboxylic acids is 1. The van der Waals surface area contributed by atoms with E-state index in [9.17, 15) is 13.2 Å².